The van der Waals surface area contributed by atoms with E-state index in [2.05, 4.69) is 17.0 Å². The van der Waals surface area contributed by atoms with Crippen LogP contribution in [0.2, 0.25) is 0 Å². The summed E-state index contributed by atoms with van der Waals surface area (Å²) in [5.41, 5.74) is 1.62. The highest BCUT2D eigenvalue weighted by molar-refractivity contribution is 5.89. The number of benzene rings is 2. The molecule has 2 aliphatic heterocycles. The molecule has 0 bridgehead atoms. The second kappa shape index (κ2) is 10.7. The smallest absolute Gasteiger partial charge is 0.338 e. The van der Waals surface area contributed by atoms with Crippen molar-refractivity contribution < 1.29 is 28.8 Å². The minimum absolute atomic E-state index is 0.149. The average Bonchev–Trinajstić information content (AvgIpc) is 3.13. The molecule has 0 unspecified atom stereocenters. The van der Waals surface area contributed by atoms with Crippen molar-refractivity contribution in [2.75, 3.05) is 39.5 Å². The summed E-state index contributed by atoms with van der Waals surface area (Å²) in [6, 6.07) is 13.2. The normalized spacial score (nSPS) is 19.2. The van der Waals surface area contributed by atoms with E-state index in [1.807, 2.05) is 6.07 Å². The maximum Gasteiger partial charge on any atom is 0.338 e. The summed E-state index contributed by atoms with van der Waals surface area (Å²) in [5, 5.41) is 10.6. The molecule has 2 heterocycles. The van der Waals surface area contributed by atoms with Crippen LogP contribution in [-0.4, -0.2) is 61.6 Å². The molecule has 0 radical (unpaired) electrons. The predicted molar refractivity (Wildman–Crippen MR) is 119 cm³/mol. The van der Waals surface area contributed by atoms with Gasteiger partial charge in [0.05, 0.1) is 25.4 Å². The lowest BCUT2D eigenvalue weighted by Gasteiger charge is -2.27. The fourth-order valence-corrected chi connectivity index (χ4v) is 4.25. The van der Waals surface area contributed by atoms with Crippen LogP contribution >= 0.6 is 0 Å². The number of carbonyl (C=O) groups excluding carboxylic acids is 1. The van der Waals surface area contributed by atoms with Crippen molar-refractivity contribution in [3.05, 3.63) is 53.6 Å². The zero-order valence-corrected chi connectivity index (χ0v) is 18.5. The Labute approximate surface area is 188 Å². The Morgan fingerprint density at radius 2 is 2.00 bits per heavy atom. The molecule has 0 spiro atoms. The second-order valence-electron chi connectivity index (χ2n) is 8.12. The van der Waals surface area contributed by atoms with Gasteiger partial charge in [-0.2, -0.15) is 0 Å². The molecule has 0 saturated carbocycles. The summed E-state index contributed by atoms with van der Waals surface area (Å²) in [6.45, 7) is 5.02. The lowest BCUT2D eigenvalue weighted by atomic mass is 10.0. The number of aliphatic hydroxyl groups is 1. The van der Waals surface area contributed by atoms with E-state index in [4.69, 9.17) is 18.9 Å². The van der Waals surface area contributed by atoms with E-state index < -0.39 is 6.10 Å². The quantitative estimate of drug-likeness (QED) is 0.627. The van der Waals surface area contributed by atoms with Crippen LogP contribution in [0.15, 0.2) is 42.5 Å². The van der Waals surface area contributed by atoms with E-state index in [0.29, 0.717) is 37.7 Å². The molecule has 2 aliphatic rings. The van der Waals surface area contributed by atoms with Crippen molar-refractivity contribution in [3.8, 4) is 17.2 Å². The molecule has 0 aromatic heterocycles. The summed E-state index contributed by atoms with van der Waals surface area (Å²) >= 11 is 0. The second-order valence-corrected chi connectivity index (χ2v) is 8.12. The largest absolute Gasteiger partial charge is 0.491 e. The van der Waals surface area contributed by atoms with Crippen molar-refractivity contribution in [2.45, 2.75) is 38.3 Å². The van der Waals surface area contributed by atoms with Gasteiger partial charge >= 0.3 is 5.97 Å². The van der Waals surface area contributed by atoms with Crippen LogP contribution in [0.5, 0.6) is 17.2 Å². The van der Waals surface area contributed by atoms with Crippen LogP contribution in [0.1, 0.15) is 48.1 Å². The lowest BCUT2D eigenvalue weighted by molar-refractivity contribution is 0.0524. The Morgan fingerprint density at radius 3 is 2.84 bits per heavy atom. The molecule has 0 aliphatic carbocycles. The van der Waals surface area contributed by atoms with Gasteiger partial charge in [-0.25, -0.2) is 4.79 Å². The molecule has 1 N–H and O–H groups in total. The third-order valence-electron chi connectivity index (χ3n) is 5.75. The number of hydrogen-bond acceptors (Lipinski definition) is 7. The Balaban J connectivity index is 1.34. The van der Waals surface area contributed by atoms with Crippen LogP contribution in [0, 0.1) is 0 Å². The summed E-state index contributed by atoms with van der Waals surface area (Å²) < 4.78 is 22.4. The van der Waals surface area contributed by atoms with E-state index in [1.54, 1.807) is 31.2 Å². The summed E-state index contributed by atoms with van der Waals surface area (Å²) in [4.78, 5) is 14.2. The minimum Gasteiger partial charge on any atom is -0.491 e. The molecule has 1 saturated heterocycles. The van der Waals surface area contributed by atoms with Gasteiger partial charge in [-0.15, -0.1) is 0 Å². The molecule has 2 aromatic rings. The van der Waals surface area contributed by atoms with Gasteiger partial charge in [0.2, 0.25) is 0 Å². The highest BCUT2D eigenvalue weighted by Crippen LogP contribution is 2.37. The van der Waals surface area contributed by atoms with Crippen LogP contribution in [0.25, 0.3) is 0 Å². The van der Waals surface area contributed by atoms with Crippen molar-refractivity contribution in [1.29, 1.82) is 0 Å². The lowest BCUT2D eigenvalue weighted by Crippen LogP contribution is -2.35. The van der Waals surface area contributed by atoms with Gasteiger partial charge in [0, 0.05) is 19.0 Å². The van der Waals surface area contributed by atoms with E-state index >= 15 is 0 Å². The fourth-order valence-electron chi connectivity index (χ4n) is 4.25. The minimum atomic E-state index is -0.651. The third kappa shape index (κ3) is 5.53. The predicted octanol–water partition coefficient (Wildman–Crippen LogP) is 3.60. The van der Waals surface area contributed by atoms with Crippen molar-refractivity contribution >= 4 is 5.97 Å². The zero-order chi connectivity index (χ0) is 22.3. The Morgan fingerprint density at radius 1 is 1.16 bits per heavy atom. The molecular formula is C25H31NO6. The van der Waals surface area contributed by atoms with Gasteiger partial charge in [-0.05, 0) is 62.2 Å². The third-order valence-corrected chi connectivity index (χ3v) is 5.75. The van der Waals surface area contributed by atoms with Gasteiger partial charge in [0.25, 0.3) is 0 Å². The topological polar surface area (TPSA) is 77.5 Å². The number of esters is 1. The molecule has 7 heteroatoms. The number of hydrogen-bond donors (Lipinski definition) is 1. The first-order valence-electron chi connectivity index (χ1n) is 11.4. The van der Waals surface area contributed by atoms with Crippen LogP contribution in [0.4, 0.5) is 0 Å². The summed E-state index contributed by atoms with van der Waals surface area (Å²) in [7, 11) is 0. The number of carbonyl (C=O) groups is 1. The number of aliphatic hydroxyl groups excluding tert-OH is 1. The van der Waals surface area contributed by atoms with Gasteiger partial charge in [0.15, 0.2) is 11.5 Å². The SMILES string of the molecule is CCOC(=O)c1cccc(OC[C@@H](O)CN2CCC[C@@H]2c2ccc3c(c2)OCCCO3)c1. The van der Waals surface area contributed by atoms with Crippen LogP contribution in [-0.2, 0) is 4.74 Å². The molecule has 1 fully saturated rings. The number of rotatable bonds is 8. The molecule has 0 amide bonds. The first-order chi connectivity index (χ1) is 15.6. The highest BCUT2D eigenvalue weighted by Gasteiger charge is 2.28. The maximum atomic E-state index is 11.9. The number of nitrogens with zero attached hydrogens (tertiary/aromatic N) is 1. The van der Waals surface area contributed by atoms with Gasteiger partial charge in [-0.3, -0.25) is 4.90 Å². The van der Waals surface area contributed by atoms with Gasteiger partial charge < -0.3 is 24.1 Å². The Bertz CT molecular complexity index is 917. The van der Waals surface area contributed by atoms with E-state index in [0.717, 1.165) is 37.3 Å². The van der Waals surface area contributed by atoms with Gasteiger partial charge in [0.1, 0.15) is 18.5 Å². The van der Waals surface area contributed by atoms with E-state index in [1.165, 1.54) is 5.56 Å². The first kappa shape index (κ1) is 22.4. The fraction of sp³-hybridized carbons (Fsp3) is 0.480. The average molecular weight is 442 g/mol. The van der Waals surface area contributed by atoms with Crippen LogP contribution in [0.3, 0.4) is 0 Å². The molecule has 172 valence electrons. The van der Waals surface area contributed by atoms with Crippen molar-refractivity contribution in [2.24, 2.45) is 0 Å². The summed E-state index contributed by atoms with van der Waals surface area (Å²) in [5.74, 6) is 1.76. The molecule has 32 heavy (non-hydrogen) atoms. The van der Waals surface area contributed by atoms with E-state index in [9.17, 15) is 9.90 Å². The number of β-amino-alcohol motifs (C(OH)–C–C–N with tert-alkyl or cyclic N) is 1. The van der Waals surface area contributed by atoms with Crippen molar-refractivity contribution in [3.63, 3.8) is 0 Å². The molecule has 4 rings (SSSR count). The Hall–Kier alpha value is -2.77. The van der Waals surface area contributed by atoms with Gasteiger partial charge in [-0.1, -0.05) is 12.1 Å². The monoisotopic (exact) mass is 441 g/mol. The van der Waals surface area contributed by atoms with Crippen LogP contribution < -0.4 is 14.2 Å². The Kier molecular flexibility index (Phi) is 7.50. The molecule has 2 atom stereocenters. The first-order valence-corrected chi connectivity index (χ1v) is 11.4. The van der Waals surface area contributed by atoms with Crippen molar-refractivity contribution in [1.82, 2.24) is 4.90 Å². The maximum absolute atomic E-state index is 11.9. The molecule has 2 aromatic carbocycles. The summed E-state index contributed by atoms with van der Waals surface area (Å²) in [6.07, 6.45) is 2.35. The number of fused-ring (bicyclic) bond motifs is 1. The molecular weight excluding hydrogens is 410 g/mol. The highest BCUT2D eigenvalue weighted by atomic mass is 16.5. The standard InChI is InChI=1S/C25H31NO6/c1-2-29-25(28)19-6-3-7-21(14-19)32-17-20(27)16-26-11-4-8-22(26)18-9-10-23-24(15-18)31-13-5-12-30-23/h3,6-7,9-10,14-15,20,22,27H,2,4-5,8,11-13,16-17H2,1H3/t20-,22+/m0/s1. The number of likely N-dealkylation sites (tertiary alicyclic amines) is 1. The zero-order valence-electron chi connectivity index (χ0n) is 18.5. The molecule has 7 nitrogen and oxygen atoms in total. The van der Waals surface area contributed by atoms with E-state index in [-0.39, 0.29) is 18.6 Å². The number of ether oxygens (including phenoxy) is 4.